The molecule has 0 atom stereocenters. The van der Waals surface area contributed by atoms with E-state index in [1.54, 1.807) is 7.11 Å². The Kier molecular flexibility index (Phi) is 6.40. The number of rotatable bonds is 7. The van der Waals surface area contributed by atoms with Crippen molar-refractivity contribution in [3.8, 4) is 0 Å². The largest absolute Gasteiger partial charge is 0.382 e. The van der Waals surface area contributed by atoms with E-state index in [-0.39, 0.29) is 5.28 Å². The Morgan fingerprint density at radius 2 is 2.12 bits per heavy atom. The fourth-order valence-electron chi connectivity index (χ4n) is 0.955. The van der Waals surface area contributed by atoms with Gasteiger partial charge in [0.05, 0.1) is 26.0 Å². The molecule has 90 valence electrons. The molecule has 0 spiro atoms. The molecule has 0 unspecified atom stereocenters. The Morgan fingerprint density at radius 1 is 1.31 bits per heavy atom. The van der Waals surface area contributed by atoms with Crippen LogP contribution in [0.5, 0.6) is 0 Å². The van der Waals surface area contributed by atoms with Crippen LogP contribution in [0.4, 0.5) is 5.82 Å². The van der Waals surface area contributed by atoms with Gasteiger partial charge < -0.3 is 14.8 Å². The normalized spacial score (nSPS) is 10.4. The smallest absolute Gasteiger partial charge is 0.224 e. The van der Waals surface area contributed by atoms with Crippen molar-refractivity contribution >= 4 is 29.0 Å². The van der Waals surface area contributed by atoms with E-state index in [1.807, 2.05) is 0 Å². The van der Waals surface area contributed by atoms with Gasteiger partial charge in [-0.2, -0.15) is 4.98 Å². The molecule has 1 aromatic rings. The van der Waals surface area contributed by atoms with Crippen LogP contribution in [-0.4, -0.2) is 43.4 Å². The molecule has 0 amide bonds. The monoisotopic (exact) mass is 265 g/mol. The molecule has 0 radical (unpaired) electrons. The van der Waals surface area contributed by atoms with Crippen molar-refractivity contribution in [2.45, 2.75) is 0 Å². The standard InChI is InChI=1S/C9H13Cl2N3O2/c1-15-4-5-16-3-2-12-8-7(10)6-13-9(11)14-8/h6H,2-5H2,1H3,(H,12,13,14). The molecule has 0 aliphatic heterocycles. The van der Waals surface area contributed by atoms with Crippen molar-refractivity contribution in [1.29, 1.82) is 0 Å². The molecule has 0 saturated carbocycles. The van der Waals surface area contributed by atoms with Crippen LogP contribution in [0.15, 0.2) is 6.20 Å². The second-order valence-corrected chi connectivity index (χ2v) is 3.61. The maximum atomic E-state index is 5.85. The lowest BCUT2D eigenvalue weighted by Crippen LogP contribution is -2.13. The lowest BCUT2D eigenvalue weighted by atomic mass is 10.5. The maximum Gasteiger partial charge on any atom is 0.224 e. The van der Waals surface area contributed by atoms with Gasteiger partial charge in [0.2, 0.25) is 5.28 Å². The molecular formula is C9H13Cl2N3O2. The minimum Gasteiger partial charge on any atom is -0.382 e. The lowest BCUT2D eigenvalue weighted by molar-refractivity contribution is 0.0759. The molecule has 1 heterocycles. The van der Waals surface area contributed by atoms with Gasteiger partial charge in [-0.05, 0) is 11.6 Å². The summed E-state index contributed by atoms with van der Waals surface area (Å²) in [6.07, 6.45) is 1.45. The third-order valence-electron chi connectivity index (χ3n) is 1.69. The molecule has 0 aliphatic carbocycles. The first kappa shape index (κ1) is 13.4. The summed E-state index contributed by atoms with van der Waals surface area (Å²) in [6.45, 7) is 2.29. The number of nitrogens with one attached hydrogen (secondary N) is 1. The van der Waals surface area contributed by atoms with Crippen molar-refractivity contribution in [2.24, 2.45) is 0 Å². The Balaban J connectivity index is 2.23. The first-order valence-electron chi connectivity index (χ1n) is 4.72. The molecule has 7 heteroatoms. The summed E-state index contributed by atoms with van der Waals surface area (Å²) in [7, 11) is 1.63. The number of hydrogen-bond acceptors (Lipinski definition) is 5. The zero-order valence-electron chi connectivity index (χ0n) is 8.87. The van der Waals surface area contributed by atoms with E-state index in [0.717, 1.165) is 0 Å². The van der Waals surface area contributed by atoms with Gasteiger partial charge in [-0.3, -0.25) is 0 Å². The number of ether oxygens (including phenoxy) is 2. The fraction of sp³-hybridized carbons (Fsp3) is 0.556. The van der Waals surface area contributed by atoms with Crippen LogP contribution in [0.1, 0.15) is 0 Å². The second-order valence-electron chi connectivity index (χ2n) is 2.87. The highest BCUT2D eigenvalue weighted by Gasteiger charge is 2.02. The molecule has 1 aromatic heterocycles. The van der Waals surface area contributed by atoms with Crippen LogP contribution < -0.4 is 5.32 Å². The van der Waals surface area contributed by atoms with E-state index in [9.17, 15) is 0 Å². The molecule has 1 N–H and O–H groups in total. The lowest BCUT2D eigenvalue weighted by Gasteiger charge is -2.07. The zero-order valence-corrected chi connectivity index (χ0v) is 10.4. The van der Waals surface area contributed by atoms with Gasteiger partial charge in [-0.15, -0.1) is 0 Å². The first-order chi connectivity index (χ1) is 7.74. The van der Waals surface area contributed by atoms with Gasteiger partial charge in [0.25, 0.3) is 0 Å². The summed E-state index contributed by atoms with van der Waals surface area (Å²) in [4.78, 5) is 7.68. The van der Waals surface area contributed by atoms with Crippen LogP contribution in [-0.2, 0) is 9.47 Å². The summed E-state index contributed by atoms with van der Waals surface area (Å²) < 4.78 is 10.1. The van der Waals surface area contributed by atoms with E-state index in [0.29, 0.717) is 37.2 Å². The topological polar surface area (TPSA) is 56.3 Å². The number of anilines is 1. The van der Waals surface area contributed by atoms with Crippen molar-refractivity contribution < 1.29 is 9.47 Å². The molecule has 0 bridgehead atoms. The second kappa shape index (κ2) is 7.62. The molecule has 0 saturated heterocycles. The predicted octanol–water partition coefficient (Wildman–Crippen LogP) is 1.86. The Morgan fingerprint density at radius 3 is 2.88 bits per heavy atom. The van der Waals surface area contributed by atoms with Gasteiger partial charge in [0.1, 0.15) is 10.8 Å². The highest BCUT2D eigenvalue weighted by Crippen LogP contribution is 2.18. The molecule has 0 aliphatic rings. The van der Waals surface area contributed by atoms with Crippen LogP contribution in [0.25, 0.3) is 0 Å². The molecule has 5 nitrogen and oxygen atoms in total. The van der Waals surface area contributed by atoms with E-state index < -0.39 is 0 Å². The van der Waals surface area contributed by atoms with E-state index in [4.69, 9.17) is 32.7 Å². The van der Waals surface area contributed by atoms with E-state index in [1.165, 1.54) is 6.20 Å². The number of aromatic nitrogens is 2. The number of nitrogens with zero attached hydrogens (tertiary/aromatic N) is 2. The number of hydrogen-bond donors (Lipinski definition) is 1. The summed E-state index contributed by atoms with van der Waals surface area (Å²) in [5, 5.41) is 3.59. The maximum absolute atomic E-state index is 5.85. The van der Waals surface area contributed by atoms with Gasteiger partial charge in [-0.1, -0.05) is 11.6 Å². The van der Waals surface area contributed by atoms with Crippen LogP contribution in [0.3, 0.4) is 0 Å². The molecule has 0 fully saturated rings. The van der Waals surface area contributed by atoms with Gasteiger partial charge in [0.15, 0.2) is 0 Å². The van der Waals surface area contributed by atoms with E-state index >= 15 is 0 Å². The zero-order chi connectivity index (χ0) is 11.8. The van der Waals surface area contributed by atoms with Crippen LogP contribution in [0.2, 0.25) is 10.3 Å². The summed E-state index contributed by atoms with van der Waals surface area (Å²) in [6, 6.07) is 0. The third kappa shape index (κ3) is 4.94. The average Bonchev–Trinajstić information content (AvgIpc) is 2.28. The van der Waals surface area contributed by atoms with Gasteiger partial charge in [0, 0.05) is 13.7 Å². The minimum atomic E-state index is 0.159. The van der Waals surface area contributed by atoms with Crippen LogP contribution >= 0.6 is 23.2 Å². The first-order valence-corrected chi connectivity index (χ1v) is 5.48. The summed E-state index contributed by atoms with van der Waals surface area (Å²) >= 11 is 11.5. The number of methoxy groups -OCH3 is 1. The highest BCUT2D eigenvalue weighted by atomic mass is 35.5. The summed E-state index contributed by atoms with van der Waals surface area (Å²) in [5.41, 5.74) is 0. The van der Waals surface area contributed by atoms with Gasteiger partial charge >= 0.3 is 0 Å². The minimum absolute atomic E-state index is 0.159. The molecular weight excluding hydrogens is 253 g/mol. The van der Waals surface area contributed by atoms with Crippen LogP contribution in [0, 0.1) is 0 Å². The highest BCUT2D eigenvalue weighted by molar-refractivity contribution is 6.33. The SMILES string of the molecule is COCCOCCNc1nc(Cl)ncc1Cl. The van der Waals surface area contributed by atoms with Crippen molar-refractivity contribution in [3.05, 3.63) is 16.5 Å². The Hall–Kier alpha value is -0.620. The Bertz CT molecular complexity index is 326. The van der Waals surface area contributed by atoms with E-state index in [2.05, 4.69) is 15.3 Å². The third-order valence-corrected chi connectivity index (χ3v) is 2.14. The Labute approximate surface area is 104 Å². The molecule has 0 aromatic carbocycles. The predicted molar refractivity (Wildman–Crippen MR) is 63.2 cm³/mol. The quantitative estimate of drug-likeness (QED) is 0.603. The van der Waals surface area contributed by atoms with Crippen molar-refractivity contribution in [2.75, 3.05) is 38.8 Å². The fourth-order valence-corrected chi connectivity index (χ4v) is 1.25. The molecule has 16 heavy (non-hydrogen) atoms. The van der Waals surface area contributed by atoms with Crippen molar-refractivity contribution in [3.63, 3.8) is 0 Å². The average molecular weight is 266 g/mol. The van der Waals surface area contributed by atoms with Crippen molar-refractivity contribution in [1.82, 2.24) is 9.97 Å². The molecule has 1 rings (SSSR count). The summed E-state index contributed by atoms with van der Waals surface area (Å²) in [5.74, 6) is 0.511. The number of halogens is 2. The van der Waals surface area contributed by atoms with Gasteiger partial charge in [-0.25, -0.2) is 4.98 Å².